The third-order valence-corrected chi connectivity index (χ3v) is 5.16. The van der Waals surface area contributed by atoms with E-state index in [0.717, 1.165) is 0 Å². The Bertz CT molecular complexity index is 837. The van der Waals surface area contributed by atoms with Gasteiger partial charge < -0.3 is 48.5 Å². The van der Waals surface area contributed by atoms with Crippen molar-refractivity contribution in [3.63, 3.8) is 0 Å². The lowest BCUT2D eigenvalue weighted by Gasteiger charge is -2.25. The molecule has 0 aromatic carbocycles. The van der Waals surface area contributed by atoms with Crippen molar-refractivity contribution in [3.8, 4) is 0 Å². The molecule has 16 nitrogen and oxygen atoms in total. The van der Waals surface area contributed by atoms with Gasteiger partial charge in [-0.2, -0.15) is 0 Å². The highest BCUT2D eigenvalue weighted by molar-refractivity contribution is 5.94. The number of carbonyl (C=O) groups is 7. The Kier molecular flexibility index (Phi) is 15.8. The van der Waals surface area contributed by atoms with Crippen molar-refractivity contribution < 1.29 is 48.9 Å². The van der Waals surface area contributed by atoms with Crippen molar-refractivity contribution >= 4 is 41.5 Å². The van der Waals surface area contributed by atoms with Crippen molar-refractivity contribution in [2.45, 2.75) is 82.0 Å². The average molecular weight is 533 g/mol. The zero-order valence-electron chi connectivity index (χ0n) is 20.3. The van der Waals surface area contributed by atoms with Crippen molar-refractivity contribution in [3.05, 3.63) is 0 Å². The highest BCUT2D eigenvalue weighted by Crippen LogP contribution is 2.07. The van der Waals surface area contributed by atoms with Gasteiger partial charge in [-0.1, -0.05) is 0 Å². The molecule has 210 valence electrons. The smallest absolute Gasteiger partial charge is 0.326 e. The van der Waals surface area contributed by atoms with Gasteiger partial charge in [0.15, 0.2) is 0 Å². The number of nitrogens with one attached hydrogen (secondary N) is 3. The highest BCUT2D eigenvalue weighted by Gasteiger charge is 2.31. The van der Waals surface area contributed by atoms with Crippen LogP contribution in [0.1, 0.15) is 57.8 Å². The monoisotopic (exact) mass is 532 g/mol. The number of carbonyl (C=O) groups excluding carboxylic acids is 4. The number of primary amides is 1. The van der Waals surface area contributed by atoms with Crippen LogP contribution in [0.2, 0.25) is 0 Å². The van der Waals surface area contributed by atoms with Crippen LogP contribution < -0.4 is 33.2 Å². The molecule has 4 atom stereocenters. The third kappa shape index (κ3) is 15.0. The predicted octanol–water partition coefficient (Wildman–Crippen LogP) is -3.02. The molecule has 0 fully saturated rings. The maximum Gasteiger partial charge on any atom is 0.326 e. The number of aliphatic carboxylic acids is 3. The second kappa shape index (κ2) is 17.6. The van der Waals surface area contributed by atoms with Gasteiger partial charge in [-0.15, -0.1) is 0 Å². The summed E-state index contributed by atoms with van der Waals surface area (Å²) in [7, 11) is 0. The van der Waals surface area contributed by atoms with Crippen LogP contribution in [0, 0.1) is 0 Å². The van der Waals surface area contributed by atoms with E-state index < -0.39 is 91.4 Å². The first-order valence-corrected chi connectivity index (χ1v) is 11.6. The van der Waals surface area contributed by atoms with Gasteiger partial charge in [-0.25, -0.2) is 4.79 Å². The second-order valence-corrected chi connectivity index (χ2v) is 8.28. The summed E-state index contributed by atoms with van der Waals surface area (Å²) in [6, 6.07) is -5.56. The first-order chi connectivity index (χ1) is 17.3. The first kappa shape index (κ1) is 33.2. The largest absolute Gasteiger partial charge is 0.481 e. The number of hydrogen-bond acceptors (Lipinski definition) is 9. The standard InChI is InChI=1S/C21H36N6O10/c22-10-2-1-3-14(21(36)37)27-20(35)13(6-9-17(31)32)26-19(34)12(5-8-16(29)30)25-18(33)11(23)4-7-15(24)28/h11-14H,1-10,22-23H2,(H2,24,28)(H,25,33)(H,26,34)(H,27,35)(H,29,30)(H,31,32)(H,36,37). The molecule has 16 heteroatoms. The van der Waals surface area contributed by atoms with E-state index in [1.165, 1.54) is 0 Å². The molecule has 0 saturated heterocycles. The van der Waals surface area contributed by atoms with E-state index in [2.05, 4.69) is 16.0 Å². The topological polar surface area (TPSA) is 294 Å². The fourth-order valence-electron chi connectivity index (χ4n) is 3.08. The van der Waals surface area contributed by atoms with Crippen LogP contribution in [-0.2, 0) is 33.6 Å². The van der Waals surface area contributed by atoms with Crippen molar-refractivity contribution in [1.82, 2.24) is 16.0 Å². The lowest BCUT2D eigenvalue weighted by molar-refractivity contribution is -0.143. The molecule has 0 aliphatic heterocycles. The van der Waals surface area contributed by atoms with Crippen LogP contribution in [0.4, 0.5) is 0 Å². The van der Waals surface area contributed by atoms with Gasteiger partial charge in [0.1, 0.15) is 18.1 Å². The Labute approximate surface area is 212 Å². The fraction of sp³-hybridized carbons (Fsp3) is 0.667. The molecule has 0 spiro atoms. The molecule has 0 saturated carbocycles. The summed E-state index contributed by atoms with van der Waals surface area (Å²) in [4.78, 5) is 82.4. The summed E-state index contributed by atoms with van der Waals surface area (Å²) in [5.41, 5.74) is 16.1. The number of carboxylic acids is 3. The first-order valence-electron chi connectivity index (χ1n) is 11.6. The molecule has 37 heavy (non-hydrogen) atoms. The van der Waals surface area contributed by atoms with Gasteiger partial charge in [0.2, 0.25) is 23.6 Å². The van der Waals surface area contributed by atoms with E-state index in [4.69, 9.17) is 27.4 Å². The van der Waals surface area contributed by atoms with Gasteiger partial charge in [0, 0.05) is 19.3 Å². The molecule has 0 aliphatic carbocycles. The SMILES string of the molecule is NCCCCC(NC(=O)C(CCC(=O)O)NC(=O)C(CCC(=O)O)NC(=O)C(N)CCC(N)=O)C(=O)O. The van der Waals surface area contributed by atoms with Crippen LogP contribution in [0.15, 0.2) is 0 Å². The van der Waals surface area contributed by atoms with E-state index in [-0.39, 0.29) is 19.3 Å². The number of unbranched alkanes of at least 4 members (excludes halogenated alkanes) is 1. The van der Waals surface area contributed by atoms with Crippen molar-refractivity contribution in [1.29, 1.82) is 0 Å². The minimum atomic E-state index is -1.51. The Morgan fingerprint density at radius 3 is 1.49 bits per heavy atom. The molecule has 0 heterocycles. The summed E-state index contributed by atoms with van der Waals surface area (Å²) in [5, 5.41) is 34.1. The molecule has 0 aromatic heterocycles. The highest BCUT2D eigenvalue weighted by atomic mass is 16.4. The maximum absolute atomic E-state index is 12.9. The Morgan fingerprint density at radius 1 is 0.622 bits per heavy atom. The summed E-state index contributed by atoms with van der Waals surface area (Å²) in [5.74, 6) is -7.51. The summed E-state index contributed by atoms with van der Waals surface area (Å²) in [6.45, 7) is 0.313. The van der Waals surface area contributed by atoms with Gasteiger partial charge >= 0.3 is 17.9 Å². The zero-order valence-corrected chi connectivity index (χ0v) is 20.3. The molecule has 0 bridgehead atoms. The molecule has 12 N–H and O–H groups in total. The van der Waals surface area contributed by atoms with Crippen LogP contribution in [0.3, 0.4) is 0 Å². The molecule has 4 unspecified atom stereocenters. The second-order valence-electron chi connectivity index (χ2n) is 8.28. The summed E-state index contributed by atoms with van der Waals surface area (Å²) < 4.78 is 0. The maximum atomic E-state index is 12.9. The average Bonchev–Trinajstić information content (AvgIpc) is 2.81. The predicted molar refractivity (Wildman–Crippen MR) is 126 cm³/mol. The fourth-order valence-corrected chi connectivity index (χ4v) is 3.08. The van der Waals surface area contributed by atoms with Gasteiger partial charge in [0.25, 0.3) is 0 Å². The minimum Gasteiger partial charge on any atom is -0.481 e. The molecular weight excluding hydrogens is 496 g/mol. The van der Waals surface area contributed by atoms with E-state index in [1.54, 1.807) is 0 Å². The minimum absolute atomic E-state index is 0.0400. The number of hydrogen-bond donors (Lipinski definition) is 9. The Balaban J connectivity index is 5.59. The molecule has 0 aromatic rings. The summed E-state index contributed by atoms with van der Waals surface area (Å²) >= 11 is 0. The summed E-state index contributed by atoms with van der Waals surface area (Å²) in [6.07, 6.45) is -1.36. The third-order valence-electron chi connectivity index (χ3n) is 5.16. The van der Waals surface area contributed by atoms with Gasteiger partial charge in [0.05, 0.1) is 6.04 Å². The van der Waals surface area contributed by atoms with Crippen LogP contribution >= 0.6 is 0 Å². The van der Waals surface area contributed by atoms with Crippen LogP contribution in [0.25, 0.3) is 0 Å². The molecule has 0 aliphatic rings. The molecule has 0 radical (unpaired) electrons. The number of carboxylic acid groups (broad SMARTS) is 3. The van der Waals surface area contributed by atoms with Gasteiger partial charge in [-0.05, 0) is 45.1 Å². The van der Waals surface area contributed by atoms with E-state index in [1.807, 2.05) is 0 Å². The lowest BCUT2D eigenvalue weighted by Crippen LogP contribution is -2.57. The lowest BCUT2D eigenvalue weighted by atomic mass is 10.0. The van der Waals surface area contributed by atoms with E-state index in [9.17, 15) is 38.7 Å². The van der Waals surface area contributed by atoms with Crippen LogP contribution in [0.5, 0.6) is 0 Å². The van der Waals surface area contributed by atoms with Gasteiger partial charge in [-0.3, -0.25) is 28.8 Å². The number of rotatable bonds is 20. The van der Waals surface area contributed by atoms with E-state index >= 15 is 0 Å². The zero-order chi connectivity index (χ0) is 28.5. The van der Waals surface area contributed by atoms with Crippen molar-refractivity contribution in [2.24, 2.45) is 17.2 Å². The van der Waals surface area contributed by atoms with Crippen molar-refractivity contribution in [2.75, 3.05) is 6.54 Å². The quantitative estimate of drug-likeness (QED) is 0.0708. The molecular formula is C21H36N6O10. The number of amides is 4. The molecule has 4 amide bonds. The van der Waals surface area contributed by atoms with E-state index in [0.29, 0.717) is 19.4 Å². The Morgan fingerprint density at radius 2 is 1.08 bits per heavy atom. The normalized spacial score (nSPS) is 13.9. The molecule has 0 rings (SSSR count). The van der Waals surface area contributed by atoms with Crippen LogP contribution in [-0.4, -0.2) is 87.6 Å². The Hall–Kier alpha value is -3.79. The number of nitrogens with two attached hydrogens (primary N) is 3.